The second kappa shape index (κ2) is 13.6. The maximum absolute atomic E-state index is 6.90. The first-order valence-electron chi connectivity index (χ1n) is 19.4. The molecule has 57 heavy (non-hydrogen) atoms. The molecule has 3 heteroatoms. The minimum Gasteiger partial charge on any atom is -0.455 e. The van der Waals surface area contributed by atoms with Gasteiger partial charge in [-0.15, -0.1) is 0 Å². The van der Waals surface area contributed by atoms with Crippen LogP contribution in [-0.2, 0) is 0 Å². The third-order valence-electron chi connectivity index (χ3n) is 11.1. The van der Waals surface area contributed by atoms with E-state index in [4.69, 9.17) is 4.42 Å². The van der Waals surface area contributed by atoms with Gasteiger partial charge in [-0.3, -0.25) is 0 Å². The first-order valence-corrected chi connectivity index (χ1v) is 19.4. The monoisotopic (exact) mass is 728 g/mol. The molecular weight excluding hydrogens is 693 g/mol. The van der Waals surface area contributed by atoms with Crippen LogP contribution >= 0.6 is 0 Å². The average molecular weight is 729 g/mol. The number of anilines is 3. The SMILES string of the molecule is c1ccc(-c2cccc(N(c3ccccc3)c3ccc4oc5c(ccc6c5c5ccccc5n6-c5cc(-c6ccccc6)cc(-c6ccccc6)c5)c4c3)c2)cc1. The van der Waals surface area contributed by atoms with Crippen molar-refractivity contribution >= 4 is 60.8 Å². The smallest absolute Gasteiger partial charge is 0.145 e. The van der Waals surface area contributed by atoms with Crippen LogP contribution in [0.25, 0.3) is 82.8 Å². The van der Waals surface area contributed by atoms with Gasteiger partial charge in [0.2, 0.25) is 0 Å². The number of aromatic nitrogens is 1. The van der Waals surface area contributed by atoms with Crippen LogP contribution in [0.2, 0.25) is 0 Å². The molecule has 0 unspecified atom stereocenters. The fourth-order valence-corrected chi connectivity index (χ4v) is 8.51. The van der Waals surface area contributed by atoms with Crippen molar-refractivity contribution in [3.05, 3.63) is 218 Å². The van der Waals surface area contributed by atoms with Crippen molar-refractivity contribution in [2.75, 3.05) is 4.90 Å². The van der Waals surface area contributed by atoms with Gasteiger partial charge in [-0.2, -0.15) is 0 Å². The number of benzene rings is 9. The molecule has 0 radical (unpaired) electrons. The highest BCUT2D eigenvalue weighted by atomic mass is 16.3. The van der Waals surface area contributed by atoms with E-state index in [-0.39, 0.29) is 0 Å². The van der Waals surface area contributed by atoms with Crippen LogP contribution in [0.15, 0.2) is 223 Å². The van der Waals surface area contributed by atoms with Gasteiger partial charge in [0, 0.05) is 38.9 Å². The summed E-state index contributed by atoms with van der Waals surface area (Å²) < 4.78 is 9.30. The summed E-state index contributed by atoms with van der Waals surface area (Å²) in [5.41, 5.74) is 15.4. The maximum Gasteiger partial charge on any atom is 0.145 e. The van der Waals surface area contributed by atoms with Gasteiger partial charge in [-0.25, -0.2) is 0 Å². The van der Waals surface area contributed by atoms with Crippen LogP contribution in [0.4, 0.5) is 17.1 Å². The van der Waals surface area contributed by atoms with Gasteiger partial charge in [0.15, 0.2) is 0 Å². The zero-order chi connectivity index (χ0) is 37.7. The lowest BCUT2D eigenvalue weighted by atomic mass is 9.98. The van der Waals surface area contributed by atoms with Crippen LogP contribution in [0.5, 0.6) is 0 Å². The molecule has 3 nitrogen and oxygen atoms in total. The molecule has 0 saturated carbocycles. The molecule has 0 spiro atoms. The summed E-state index contributed by atoms with van der Waals surface area (Å²) in [6.07, 6.45) is 0. The Morgan fingerprint density at radius 3 is 1.58 bits per heavy atom. The Labute approximate surface area is 330 Å². The van der Waals surface area contributed by atoms with Crippen molar-refractivity contribution < 1.29 is 4.42 Å². The molecule has 0 bridgehead atoms. The molecule has 0 amide bonds. The van der Waals surface area contributed by atoms with E-state index < -0.39 is 0 Å². The summed E-state index contributed by atoms with van der Waals surface area (Å²) >= 11 is 0. The number of nitrogens with zero attached hydrogens (tertiary/aromatic N) is 2. The zero-order valence-corrected chi connectivity index (χ0v) is 31.1. The standard InChI is InChI=1S/C54H36N2O/c1-5-16-37(17-6-1)40-22-15-25-44(33-40)55(43-23-11-4-12-24-43)45-28-31-52-49(36-45)47-29-30-51-53(54(47)57-52)48-26-13-14-27-50(48)56(51)46-34-41(38-18-7-2-8-19-38)32-42(35-46)39-20-9-3-10-21-39/h1-36H. The van der Waals surface area contributed by atoms with E-state index in [0.29, 0.717) is 0 Å². The lowest BCUT2D eigenvalue weighted by molar-refractivity contribution is 0.673. The molecule has 0 aliphatic carbocycles. The number of furan rings is 1. The second-order valence-electron chi connectivity index (χ2n) is 14.6. The minimum absolute atomic E-state index is 0.863. The van der Waals surface area contributed by atoms with Gasteiger partial charge in [-0.05, 0) is 112 Å². The summed E-state index contributed by atoms with van der Waals surface area (Å²) in [5.74, 6) is 0. The van der Waals surface area contributed by atoms with E-state index in [1.807, 2.05) is 0 Å². The van der Waals surface area contributed by atoms with E-state index >= 15 is 0 Å². The highest BCUT2D eigenvalue weighted by Crippen LogP contribution is 2.44. The fraction of sp³-hybridized carbons (Fsp3) is 0. The highest BCUT2D eigenvalue weighted by Gasteiger charge is 2.21. The van der Waals surface area contributed by atoms with Crippen molar-refractivity contribution in [1.82, 2.24) is 4.57 Å². The number of rotatable bonds is 7. The Morgan fingerprint density at radius 1 is 0.333 bits per heavy atom. The van der Waals surface area contributed by atoms with E-state index in [0.717, 1.165) is 66.5 Å². The molecule has 11 rings (SSSR count). The van der Waals surface area contributed by atoms with Gasteiger partial charge in [0.05, 0.1) is 16.4 Å². The summed E-state index contributed by atoms with van der Waals surface area (Å²) in [6.45, 7) is 0. The largest absolute Gasteiger partial charge is 0.455 e. The van der Waals surface area contributed by atoms with Crippen molar-refractivity contribution in [2.45, 2.75) is 0 Å². The summed E-state index contributed by atoms with van der Waals surface area (Å²) in [4.78, 5) is 2.33. The first-order chi connectivity index (χ1) is 28.3. The lowest BCUT2D eigenvalue weighted by Crippen LogP contribution is -2.09. The quantitative estimate of drug-likeness (QED) is 0.163. The Kier molecular flexibility index (Phi) is 7.82. The Morgan fingerprint density at radius 2 is 0.895 bits per heavy atom. The van der Waals surface area contributed by atoms with Gasteiger partial charge in [0.1, 0.15) is 11.2 Å². The lowest BCUT2D eigenvalue weighted by Gasteiger charge is -2.26. The molecule has 2 heterocycles. The first kappa shape index (κ1) is 32.8. The van der Waals surface area contributed by atoms with Crippen LogP contribution in [-0.4, -0.2) is 4.57 Å². The van der Waals surface area contributed by atoms with Gasteiger partial charge >= 0.3 is 0 Å². The molecular formula is C54H36N2O. The van der Waals surface area contributed by atoms with Crippen LogP contribution in [0.1, 0.15) is 0 Å². The summed E-state index contributed by atoms with van der Waals surface area (Å²) in [7, 11) is 0. The van der Waals surface area contributed by atoms with Crippen LogP contribution in [0.3, 0.4) is 0 Å². The van der Waals surface area contributed by atoms with Crippen molar-refractivity contribution in [3.63, 3.8) is 0 Å². The van der Waals surface area contributed by atoms with Crippen molar-refractivity contribution in [2.24, 2.45) is 0 Å². The molecule has 268 valence electrons. The molecule has 2 aromatic heterocycles. The van der Waals surface area contributed by atoms with E-state index in [9.17, 15) is 0 Å². The van der Waals surface area contributed by atoms with Gasteiger partial charge in [-0.1, -0.05) is 140 Å². The molecule has 0 aliphatic heterocycles. The average Bonchev–Trinajstić information content (AvgIpc) is 3.83. The molecule has 0 aliphatic rings. The third kappa shape index (κ3) is 5.68. The summed E-state index contributed by atoms with van der Waals surface area (Å²) in [6, 6.07) is 78.0. The van der Waals surface area contributed by atoms with E-state index in [2.05, 4.69) is 228 Å². The molecule has 0 N–H and O–H groups in total. The number of hydrogen-bond donors (Lipinski definition) is 0. The Bertz CT molecular complexity index is 3160. The third-order valence-corrected chi connectivity index (χ3v) is 11.1. The molecule has 9 aromatic carbocycles. The van der Waals surface area contributed by atoms with Crippen LogP contribution < -0.4 is 4.90 Å². The molecule has 0 fully saturated rings. The fourth-order valence-electron chi connectivity index (χ4n) is 8.51. The number of hydrogen-bond acceptors (Lipinski definition) is 2. The number of para-hydroxylation sites is 2. The summed E-state index contributed by atoms with van der Waals surface area (Å²) in [5, 5.41) is 4.45. The zero-order valence-electron chi connectivity index (χ0n) is 31.1. The highest BCUT2D eigenvalue weighted by molar-refractivity contribution is 6.24. The Balaban J connectivity index is 1.11. The topological polar surface area (TPSA) is 21.3 Å². The van der Waals surface area contributed by atoms with Gasteiger partial charge < -0.3 is 13.9 Å². The second-order valence-corrected chi connectivity index (χ2v) is 14.6. The molecule has 0 atom stereocenters. The molecule has 11 aromatic rings. The van der Waals surface area contributed by atoms with Crippen LogP contribution in [0, 0.1) is 0 Å². The van der Waals surface area contributed by atoms with E-state index in [1.165, 1.54) is 33.4 Å². The van der Waals surface area contributed by atoms with E-state index in [1.54, 1.807) is 0 Å². The molecule has 0 saturated heterocycles. The van der Waals surface area contributed by atoms with Crippen molar-refractivity contribution in [1.29, 1.82) is 0 Å². The predicted octanol–water partition coefficient (Wildman–Crippen LogP) is 15.2. The van der Waals surface area contributed by atoms with Gasteiger partial charge in [0.25, 0.3) is 0 Å². The normalized spacial score (nSPS) is 11.5. The number of fused-ring (bicyclic) bond motifs is 7. The minimum atomic E-state index is 0.863. The predicted molar refractivity (Wildman–Crippen MR) is 239 cm³/mol. The maximum atomic E-state index is 6.90. The van der Waals surface area contributed by atoms with Crippen molar-refractivity contribution in [3.8, 4) is 39.1 Å². The Hall–Kier alpha value is -7.62.